The second-order valence-corrected chi connectivity index (χ2v) is 9.30. The number of amides is 2. The Labute approximate surface area is 156 Å². The third-order valence-electron chi connectivity index (χ3n) is 4.89. The van der Waals surface area contributed by atoms with Crippen LogP contribution in [0.4, 0.5) is 0 Å². The van der Waals surface area contributed by atoms with E-state index in [4.69, 9.17) is 4.74 Å². The SMILES string of the molecule is CCC(=O)N1CCCC(C(=O)NCCS(=O)(=O)N2CC(C)OC(C)C2)C1. The Balaban J connectivity index is 1.81. The maximum absolute atomic E-state index is 12.5. The normalized spacial score (nSPS) is 28.0. The van der Waals surface area contributed by atoms with Crippen molar-refractivity contribution < 1.29 is 22.7 Å². The van der Waals surface area contributed by atoms with Crippen LogP contribution in [0.15, 0.2) is 0 Å². The molecule has 0 aromatic rings. The van der Waals surface area contributed by atoms with Crippen molar-refractivity contribution in [1.82, 2.24) is 14.5 Å². The van der Waals surface area contributed by atoms with Gasteiger partial charge in [0.05, 0.1) is 23.9 Å². The van der Waals surface area contributed by atoms with E-state index < -0.39 is 10.0 Å². The number of morpholine rings is 1. The van der Waals surface area contributed by atoms with Crippen molar-refractivity contribution >= 4 is 21.8 Å². The van der Waals surface area contributed by atoms with Crippen molar-refractivity contribution in [1.29, 1.82) is 0 Å². The molecule has 0 radical (unpaired) electrons. The molecule has 2 fully saturated rings. The summed E-state index contributed by atoms with van der Waals surface area (Å²) in [5.74, 6) is -0.494. The van der Waals surface area contributed by atoms with Crippen LogP contribution in [0.5, 0.6) is 0 Å². The Morgan fingerprint density at radius 1 is 1.15 bits per heavy atom. The van der Waals surface area contributed by atoms with Crippen molar-refractivity contribution in [2.24, 2.45) is 5.92 Å². The molecule has 3 unspecified atom stereocenters. The molecule has 1 N–H and O–H groups in total. The molecule has 0 aromatic heterocycles. The van der Waals surface area contributed by atoms with E-state index >= 15 is 0 Å². The van der Waals surface area contributed by atoms with Gasteiger partial charge in [0.1, 0.15) is 0 Å². The van der Waals surface area contributed by atoms with Crippen LogP contribution in [0.25, 0.3) is 0 Å². The third-order valence-corrected chi connectivity index (χ3v) is 6.69. The molecule has 3 atom stereocenters. The van der Waals surface area contributed by atoms with Gasteiger partial charge in [-0.05, 0) is 26.7 Å². The Hall–Kier alpha value is -1.19. The molecule has 2 aliphatic heterocycles. The quantitative estimate of drug-likeness (QED) is 0.700. The molecular formula is C17H31N3O5S. The minimum absolute atomic E-state index is 0.0561. The van der Waals surface area contributed by atoms with Gasteiger partial charge >= 0.3 is 0 Å². The zero-order chi connectivity index (χ0) is 19.3. The van der Waals surface area contributed by atoms with E-state index in [1.807, 2.05) is 20.8 Å². The summed E-state index contributed by atoms with van der Waals surface area (Å²) in [5, 5.41) is 2.73. The van der Waals surface area contributed by atoms with E-state index in [1.165, 1.54) is 4.31 Å². The number of sulfonamides is 1. The second kappa shape index (κ2) is 9.14. The summed E-state index contributed by atoms with van der Waals surface area (Å²) in [6.07, 6.45) is 1.69. The topological polar surface area (TPSA) is 96.0 Å². The number of hydrogen-bond acceptors (Lipinski definition) is 5. The number of rotatable bonds is 6. The fourth-order valence-electron chi connectivity index (χ4n) is 3.58. The number of nitrogens with zero attached hydrogens (tertiary/aromatic N) is 2. The van der Waals surface area contributed by atoms with Crippen molar-refractivity contribution in [2.45, 2.75) is 52.2 Å². The Morgan fingerprint density at radius 2 is 1.81 bits per heavy atom. The highest BCUT2D eigenvalue weighted by Crippen LogP contribution is 2.18. The highest BCUT2D eigenvalue weighted by Gasteiger charge is 2.31. The van der Waals surface area contributed by atoms with Crippen LogP contribution < -0.4 is 5.32 Å². The van der Waals surface area contributed by atoms with Crippen LogP contribution >= 0.6 is 0 Å². The number of ether oxygens (including phenoxy) is 1. The maximum atomic E-state index is 12.5. The largest absolute Gasteiger partial charge is 0.373 e. The second-order valence-electron chi connectivity index (χ2n) is 7.21. The van der Waals surface area contributed by atoms with Crippen molar-refractivity contribution in [3.8, 4) is 0 Å². The fraction of sp³-hybridized carbons (Fsp3) is 0.882. The van der Waals surface area contributed by atoms with Gasteiger partial charge in [-0.3, -0.25) is 9.59 Å². The molecular weight excluding hydrogens is 358 g/mol. The van der Waals surface area contributed by atoms with Crippen LogP contribution in [0.1, 0.15) is 40.0 Å². The average Bonchev–Trinajstić information content (AvgIpc) is 2.60. The zero-order valence-corrected chi connectivity index (χ0v) is 16.8. The van der Waals surface area contributed by atoms with Crippen LogP contribution in [-0.4, -0.2) is 80.1 Å². The molecule has 2 rings (SSSR count). The molecule has 26 heavy (non-hydrogen) atoms. The lowest BCUT2D eigenvalue weighted by Gasteiger charge is -2.34. The fourth-order valence-corrected chi connectivity index (χ4v) is 5.07. The number of likely N-dealkylation sites (tertiary alicyclic amines) is 1. The summed E-state index contributed by atoms with van der Waals surface area (Å²) in [7, 11) is -3.43. The van der Waals surface area contributed by atoms with E-state index in [0.717, 1.165) is 12.8 Å². The molecule has 9 heteroatoms. The monoisotopic (exact) mass is 389 g/mol. The first-order valence-corrected chi connectivity index (χ1v) is 11.0. The van der Waals surface area contributed by atoms with Crippen molar-refractivity contribution in [3.05, 3.63) is 0 Å². The smallest absolute Gasteiger partial charge is 0.224 e. The van der Waals surface area contributed by atoms with Gasteiger partial charge in [0.15, 0.2) is 0 Å². The maximum Gasteiger partial charge on any atom is 0.224 e. The molecule has 0 spiro atoms. The van der Waals surface area contributed by atoms with E-state index in [-0.39, 0.29) is 42.2 Å². The minimum atomic E-state index is -3.43. The lowest BCUT2D eigenvalue weighted by Crippen LogP contribution is -2.50. The van der Waals surface area contributed by atoms with Crippen molar-refractivity contribution in [2.75, 3.05) is 38.5 Å². The molecule has 2 amide bonds. The predicted octanol–water partition coefficient (Wildman–Crippen LogP) is 0.190. The molecule has 2 aliphatic rings. The van der Waals surface area contributed by atoms with Gasteiger partial charge in [0.25, 0.3) is 0 Å². The van der Waals surface area contributed by atoms with Gasteiger partial charge in [-0.15, -0.1) is 0 Å². The average molecular weight is 390 g/mol. The Kier molecular flexibility index (Phi) is 7.42. The van der Waals surface area contributed by atoms with Gasteiger partial charge in [-0.2, -0.15) is 4.31 Å². The highest BCUT2D eigenvalue weighted by molar-refractivity contribution is 7.89. The summed E-state index contributed by atoms with van der Waals surface area (Å²) in [5.41, 5.74) is 0. The van der Waals surface area contributed by atoms with E-state index in [0.29, 0.717) is 32.6 Å². The van der Waals surface area contributed by atoms with Crippen molar-refractivity contribution in [3.63, 3.8) is 0 Å². The summed E-state index contributed by atoms with van der Waals surface area (Å²) in [4.78, 5) is 25.9. The van der Waals surface area contributed by atoms with Gasteiger partial charge < -0.3 is 15.0 Å². The summed E-state index contributed by atoms with van der Waals surface area (Å²) in [6.45, 7) is 7.40. The Morgan fingerprint density at radius 3 is 2.42 bits per heavy atom. The van der Waals surface area contributed by atoms with Crippen LogP contribution in [-0.2, 0) is 24.3 Å². The predicted molar refractivity (Wildman–Crippen MR) is 98.0 cm³/mol. The number of carbonyl (C=O) groups is 2. The standard InChI is InChI=1S/C17H31N3O5S/c1-4-16(21)19-8-5-6-15(12-19)17(22)18-7-9-26(23,24)20-10-13(2)25-14(3)11-20/h13-15H,4-12H2,1-3H3,(H,18,22). The molecule has 0 aliphatic carbocycles. The molecule has 0 aromatic carbocycles. The first kappa shape index (κ1) is 21.1. The summed E-state index contributed by atoms with van der Waals surface area (Å²) >= 11 is 0. The molecule has 0 bridgehead atoms. The molecule has 0 saturated carbocycles. The van der Waals surface area contributed by atoms with Gasteiger partial charge in [0, 0.05) is 39.1 Å². The van der Waals surface area contributed by atoms with Crippen LogP contribution in [0.3, 0.4) is 0 Å². The highest BCUT2D eigenvalue weighted by atomic mass is 32.2. The van der Waals surface area contributed by atoms with E-state index in [9.17, 15) is 18.0 Å². The van der Waals surface area contributed by atoms with E-state index in [2.05, 4.69) is 5.32 Å². The molecule has 2 saturated heterocycles. The van der Waals surface area contributed by atoms with Crippen LogP contribution in [0, 0.1) is 5.92 Å². The van der Waals surface area contributed by atoms with Gasteiger partial charge in [-0.25, -0.2) is 8.42 Å². The first-order valence-electron chi connectivity index (χ1n) is 9.41. The molecule has 2 heterocycles. The van der Waals surface area contributed by atoms with Gasteiger partial charge in [0.2, 0.25) is 21.8 Å². The first-order chi connectivity index (χ1) is 12.2. The Bertz CT molecular complexity index is 600. The number of hydrogen-bond donors (Lipinski definition) is 1. The van der Waals surface area contributed by atoms with Gasteiger partial charge in [-0.1, -0.05) is 6.92 Å². The molecule has 150 valence electrons. The third kappa shape index (κ3) is 5.65. The zero-order valence-electron chi connectivity index (χ0n) is 15.9. The lowest BCUT2D eigenvalue weighted by atomic mass is 9.97. The van der Waals surface area contributed by atoms with E-state index in [1.54, 1.807) is 4.90 Å². The van der Waals surface area contributed by atoms with Crippen LogP contribution in [0.2, 0.25) is 0 Å². The summed E-state index contributed by atoms with van der Waals surface area (Å²) in [6, 6.07) is 0. The number of nitrogens with one attached hydrogen (secondary N) is 1. The lowest BCUT2D eigenvalue weighted by molar-refractivity contribution is -0.135. The number of piperidine rings is 1. The molecule has 8 nitrogen and oxygen atoms in total. The minimum Gasteiger partial charge on any atom is -0.373 e. The number of carbonyl (C=O) groups excluding carboxylic acids is 2. The summed E-state index contributed by atoms with van der Waals surface area (Å²) < 4.78 is 32.0.